The molecule has 1 aromatic carbocycles. The molecule has 17 heavy (non-hydrogen) atoms. The Morgan fingerprint density at radius 2 is 2.12 bits per heavy atom. The minimum atomic E-state index is -3.48. The van der Waals surface area contributed by atoms with Crippen molar-refractivity contribution in [2.45, 2.75) is 17.9 Å². The average molecular weight is 275 g/mol. The number of hydrogen-bond donors (Lipinski definition) is 1. The smallest absolute Gasteiger partial charge is 0.244 e. The first-order valence-electron chi connectivity index (χ1n) is 5.50. The van der Waals surface area contributed by atoms with Crippen molar-refractivity contribution in [3.8, 4) is 0 Å². The van der Waals surface area contributed by atoms with Gasteiger partial charge in [0.25, 0.3) is 0 Å². The van der Waals surface area contributed by atoms with Gasteiger partial charge in [0, 0.05) is 25.7 Å². The van der Waals surface area contributed by atoms with E-state index in [2.05, 4.69) is 5.32 Å². The average Bonchev–Trinajstić information content (AvgIpc) is 2.29. The molecule has 0 amide bonds. The largest absolute Gasteiger partial charge is 0.314 e. The summed E-state index contributed by atoms with van der Waals surface area (Å²) < 4.78 is 26.4. The molecule has 1 aromatic rings. The lowest BCUT2D eigenvalue weighted by Gasteiger charge is -2.33. The third-order valence-electron chi connectivity index (χ3n) is 2.86. The van der Waals surface area contributed by atoms with Gasteiger partial charge in [-0.1, -0.05) is 23.7 Å². The molecular weight excluding hydrogens is 260 g/mol. The molecule has 1 atom stereocenters. The number of rotatable bonds is 2. The SMILES string of the molecule is C[C@@H]1CNCCN1S(=O)(=O)c1ccccc1Cl. The number of hydrogen-bond acceptors (Lipinski definition) is 3. The van der Waals surface area contributed by atoms with Crippen molar-refractivity contribution in [1.29, 1.82) is 0 Å². The molecule has 1 heterocycles. The first-order chi connectivity index (χ1) is 8.03. The molecule has 0 aromatic heterocycles. The van der Waals surface area contributed by atoms with Crippen molar-refractivity contribution >= 4 is 21.6 Å². The fraction of sp³-hybridized carbons (Fsp3) is 0.455. The van der Waals surface area contributed by atoms with Crippen molar-refractivity contribution in [1.82, 2.24) is 9.62 Å². The second-order valence-corrected chi connectivity index (χ2v) is 6.37. The van der Waals surface area contributed by atoms with Crippen molar-refractivity contribution in [3.63, 3.8) is 0 Å². The number of nitrogens with zero attached hydrogens (tertiary/aromatic N) is 1. The molecule has 6 heteroatoms. The Bertz CT molecular complexity index is 504. The maximum Gasteiger partial charge on any atom is 0.244 e. The highest BCUT2D eigenvalue weighted by atomic mass is 35.5. The van der Waals surface area contributed by atoms with Crippen LogP contribution < -0.4 is 5.32 Å². The molecule has 2 rings (SSSR count). The lowest BCUT2D eigenvalue weighted by atomic mass is 10.3. The Hall–Kier alpha value is -0.620. The zero-order valence-corrected chi connectivity index (χ0v) is 11.1. The zero-order chi connectivity index (χ0) is 12.5. The Kier molecular flexibility index (Phi) is 3.73. The van der Waals surface area contributed by atoms with Gasteiger partial charge >= 0.3 is 0 Å². The number of nitrogens with one attached hydrogen (secondary N) is 1. The van der Waals surface area contributed by atoms with Gasteiger partial charge in [0.2, 0.25) is 10.0 Å². The van der Waals surface area contributed by atoms with Gasteiger partial charge < -0.3 is 5.32 Å². The van der Waals surface area contributed by atoms with Crippen LogP contribution in [0.4, 0.5) is 0 Å². The van der Waals surface area contributed by atoms with E-state index in [-0.39, 0.29) is 16.0 Å². The second-order valence-electron chi connectivity index (χ2n) is 4.10. The predicted octanol–water partition coefficient (Wildman–Crippen LogP) is 1.32. The van der Waals surface area contributed by atoms with Gasteiger partial charge in [0.1, 0.15) is 4.90 Å². The summed E-state index contributed by atoms with van der Waals surface area (Å²) in [6.07, 6.45) is 0. The van der Waals surface area contributed by atoms with Gasteiger partial charge in [-0.2, -0.15) is 4.31 Å². The molecule has 0 radical (unpaired) electrons. The molecule has 1 fully saturated rings. The highest BCUT2D eigenvalue weighted by Crippen LogP contribution is 2.25. The summed E-state index contributed by atoms with van der Waals surface area (Å²) in [6, 6.07) is 6.51. The predicted molar refractivity (Wildman–Crippen MR) is 67.7 cm³/mol. The van der Waals surface area contributed by atoms with Gasteiger partial charge in [-0.05, 0) is 19.1 Å². The van der Waals surface area contributed by atoms with Crippen LogP contribution in [0.2, 0.25) is 5.02 Å². The molecule has 0 bridgehead atoms. The van der Waals surface area contributed by atoms with E-state index in [0.717, 1.165) is 0 Å². The van der Waals surface area contributed by atoms with Gasteiger partial charge in [0.05, 0.1) is 5.02 Å². The van der Waals surface area contributed by atoms with Crippen LogP contribution in [-0.4, -0.2) is 38.4 Å². The van der Waals surface area contributed by atoms with E-state index < -0.39 is 10.0 Å². The van der Waals surface area contributed by atoms with E-state index in [1.54, 1.807) is 24.3 Å². The fourth-order valence-electron chi connectivity index (χ4n) is 1.96. The topological polar surface area (TPSA) is 49.4 Å². The Balaban J connectivity index is 2.39. The monoisotopic (exact) mass is 274 g/mol. The minimum absolute atomic E-state index is 0.0509. The lowest BCUT2D eigenvalue weighted by Crippen LogP contribution is -2.52. The first-order valence-corrected chi connectivity index (χ1v) is 7.32. The zero-order valence-electron chi connectivity index (χ0n) is 9.56. The van der Waals surface area contributed by atoms with Gasteiger partial charge in [0.15, 0.2) is 0 Å². The van der Waals surface area contributed by atoms with Gasteiger partial charge in [-0.25, -0.2) is 8.42 Å². The molecular formula is C11H15ClN2O2S. The van der Waals surface area contributed by atoms with Crippen LogP contribution in [0.5, 0.6) is 0 Å². The van der Waals surface area contributed by atoms with E-state index in [1.807, 2.05) is 6.92 Å². The van der Waals surface area contributed by atoms with Crippen LogP contribution in [0, 0.1) is 0 Å². The standard InChI is InChI=1S/C11H15ClN2O2S/c1-9-8-13-6-7-14(9)17(15,16)11-5-3-2-4-10(11)12/h2-5,9,13H,6-8H2,1H3/t9-/m1/s1. The quantitative estimate of drug-likeness (QED) is 0.885. The van der Waals surface area contributed by atoms with Crippen LogP contribution >= 0.6 is 11.6 Å². The van der Waals surface area contributed by atoms with Crippen LogP contribution in [0.3, 0.4) is 0 Å². The molecule has 1 saturated heterocycles. The maximum atomic E-state index is 12.4. The van der Waals surface area contributed by atoms with Crippen molar-refractivity contribution < 1.29 is 8.42 Å². The normalized spacial score (nSPS) is 22.6. The van der Waals surface area contributed by atoms with Crippen molar-refractivity contribution in [2.75, 3.05) is 19.6 Å². The lowest BCUT2D eigenvalue weighted by molar-refractivity contribution is 0.284. The van der Waals surface area contributed by atoms with Crippen LogP contribution in [0.25, 0.3) is 0 Å². The van der Waals surface area contributed by atoms with Crippen LogP contribution in [0.15, 0.2) is 29.2 Å². The van der Waals surface area contributed by atoms with Crippen LogP contribution in [-0.2, 0) is 10.0 Å². The fourth-order valence-corrected chi connectivity index (χ4v) is 4.09. The Morgan fingerprint density at radius 3 is 2.76 bits per heavy atom. The first kappa shape index (κ1) is 12.8. The van der Waals surface area contributed by atoms with Gasteiger partial charge in [-0.3, -0.25) is 0 Å². The summed E-state index contributed by atoms with van der Waals surface area (Å²) in [5.74, 6) is 0. The van der Waals surface area contributed by atoms with E-state index in [0.29, 0.717) is 19.6 Å². The molecule has 94 valence electrons. The maximum absolute atomic E-state index is 12.4. The third-order valence-corrected chi connectivity index (χ3v) is 5.38. The van der Waals surface area contributed by atoms with Crippen LogP contribution in [0.1, 0.15) is 6.92 Å². The van der Waals surface area contributed by atoms with Crippen molar-refractivity contribution in [2.24, 2.45) is 0 Å². The number of sulfonamides is 1. The molecule has 0 saturated carbocycles. The number of halogens is 1. The molecule has 0 unspecified atom stereocenters. The highest BCUT2D eigenvalue weighted by molar-refractivity contribution is 7.89. The molecule has 0 aliphatic carbocycles. The number of benzene rings is 1. The van der Waals surface area contributed by atoms with E-state index in [1.165, 1.54) is 4.31 Å². The van der Waals surface area contributed by atoms with E-state index in [9.17, 15) is 8.42 Å². The van der Waals surface area contributed by atoms with Crippen molar-refractivity contribution in [3.05, 3.63) is 29.3 Å². The minimum Gasteiger partial charge on any atom is -0.314 e. The molecule has 1 aliphatic rings. The van der Waals surface area contributed by atoms with Gasteiger partial charge in [-0.15, -0.1) is 0 Å². The summed E-state index contributed by atoms with van der Waals surface area (Å²) >= 11 is 5.95. The summed E-state index contributed by atoms with van der Waals surface area (Å²) in [5, 5.41) is 3.44. The summed E-state index contributed by atoms with van der Waals surface area (Å²) in [5.41, 5.74) is 0. The summed E-state index contributed by atoms with van der Waals surface area (Å²) in [4.78, 5) is 0.190. The Morgan fingerprint density at radius 1 is 1.41 bits per heavy atom. The van der Waals surface area contributed by atoms with E-state index >= 15 is 0 Å². The number of piperazine rings is 1. The third kappa shape index (κ3) is 2.47. The molecule has 1 aliphatic heterocycles. The summed E-state index contributed by atoms with van der Waals surface area (Å²) in [6.45, 7) is 3.72. The molecule has 1 N–H and O–H groups in total. The molecule has 0 spiro atoms. The molecule has 4 nitrogen and oxygen atoms in total. The second kappa shape index (κ2) is 4.94. The summed E-state index contributed by atoms with van der Waals surface area (Å²) in [7, 11) is -3.48. The van der Waals surface area contributed by atoms with E-state index in [4.69, 9.17) is 11.6 Å². The highest BCUT2D eigenvalue weighted by Gasteiger charge is 2.31. The Labute approximate surface area is 107 Å².